The van der Waals surface area contributed by atoms with E-state index in [0.717, 1.165) is 19.6 Å². The molecule has 7 nitrogen and oxygen atoms in total. The molecule has 2 fully saturated rings. The number of nitrogens with one attached hydrogen (secondary N) is 1. The average molecular weight is 333 g/mol. The molecule has 2 saturated heterocycles. The van der Waals surface area contributed by atoms with E-state index in [1.165, 1.54) is 0 Å². The smallest absolute Gasteiger partial charge is 0.237 e. The first-order valence-corrected chi connectivity index (χ1v) is 9.68. The van der Waals surface area contributed by atoms with Crippen molar-refractivity contribution in [1.29, 1.82) is 0 Å². The summed E-state index contributed by atoms with van der Waals surface area (Å²) in [6, 6.07) is 0.111. The standard InChI is InChI=1S/C14H27N3O4S/c1-12-9-15-4-5-16(12)10-14(18)17(6-7-21-2)13-3-8-22(19,20)11-13/h12-13,15H,3-11H2,1-2H3/t12-,13?/m0/s1. The highest BCUT2D eigenvalue weighted by Crippen LogP contribution is 2.18. The second-order valence-corrected chi connectivity index (χ2v) is 8.39. The quantitative estimate of drug-likeness (QED) is 0.668. The predicted molar refractivity (Wildman–Crippen MR) is 84.6 cm³/mol. The Morgan fingerprint density at radius 1 is 1.45 bits per heavy atom. The molecule has 2 heterocycles. The maximum atomic E-state index is 12.7. The Morgan fingerprint density at radius 2 is 2.23 bits per heavy atom. The summed E-state index contributed by atoms with van der Waals surface area (Å²) in [7, 11) is -1.41. The van der Waals surface area contributed by atoms with Crippen molar-refractivity contribution < 1.29 is 17.9 Å². The zero-order valence-electron chi connectivity index (χ0n) is 13.5. The molecule has 1 unspecified atom stereocenters. The minimum atomic E-state index is -3.00. The van der Waals surface area contributed by atoms with Gasteiger partial charge in [0.05, 0.1) is 24.7 Å². The van der Waals surface area contributed by atoms with Gasteiger partial charge in [-0.3, -0.25) is 9.69 Å². The van der Waals surface area contributed by atoms with E-state index in [0.29, 0.717) is 32.2 Å². The van der Waals surface area contributed by atoms with Crippen molar-refractivity contribution in [2.75, 3.05) is 57.9 Å². The van der Waals surface area contributed by atoms with Gasteiger partial charge in [-0.2, -0.15) is 0 Å². The number of methoxy groups -OCH3 is 1. The number of ether oxygens (including phenoxy) is 1. The summed E-state index contributed by atoms with van der Waals surface area (Å²) in [4.78, 5) is 16.5. The molecule has 0 bridgehead atoms. The molecule has 2 rings (SSSR count). The summed E-state index contributed by atoms with van der Waals surface area (Å²) in [5, 5.41) is 3.30. The van der Waals surface area contributed by atoms with E-state index < -0.39 is 9.84 Å². The molecule has 0 aromatic carbocycles. The fourth-order valence-electron chi connectivity index (χ4n) is 3.10. The molecule has 2 aliphatic rings. The summed E-state index contributed by atoms with van der Waals surface area (Å²) in [6.07, 6.45) is 0.537. The minimum Gasteiger partial charge on any atom is -0.383 e. The van der Waals surface area contributed by atoms with Gasteiger partial charge in [-0.05, 0) is 13.3 Å². The van der Waals surface area contributed by atoms with E-state index in [-0.39, 0.29) is 23.5 Å². The molecular formula is C14H27N3O4S. The molecule has 0 spiro atoms. The topological polar surface area (TPSA) is 79.0 Å². The minimum absolute atomic E-state index is 0.00731. The molecule has 0 aromatic rings. The fourth-order valence-corrected chi connectivity index (χ4v) is 4.84. The molecular weight excluding hydrogens is 306 g/mol. The largest absolute Gasteiger partial charge is 0.383 e. The van der Waals surface area contributed by atoms with Crippen molar-refractivity contribution in [2.24, 2.45) is 0 Å². The van der Waals surface area contributed by atoms with Gasteiger partial charge in [0.25, 0.3) is 0 Å². The van der Waals surface area contributed by atoms with Crippen LogP contribution in [0.15, 0.2) is 0 Å². The second-order valence-electron chi connectivity index (χ2n) is 6.16. The highest BCUT2D eigenvalue weighted by atomic mass is 32.2. The number of rotatable bonds is 6. The zero-order chi connectivity index (χ0) is 16.2. The molecule has 1 amide bonds. The van der Waals surface area contributed by atoms with E-state index in [1.807, 2.05) is 0 Å². The van der Waals surface area contributed by atoms with Crippen LogP contribution in [0.25, 0.3) is 0 Å². The van der Waals surface area contributed by atoms with E-state index in [9.17, 15) is 13.2 Å². The van der Waals surface area contributed by atoms with Crippen molar-refractivity contribution in [2.45, 2.75) is 25.4 Å². The molecule has 2 aliphatic heterocycles. The van der Waals surface area contributed by atoms with Crippen molar-refractivity contribution >= 4 is 15.7 Å². The molecule has 128 valence electrons. The lowest BCUT2D eigenvalue weighted by Gasteiger charge is -2.36. The third kappa shape index (κ3) is 4.65. The van der Waals surface area contributed by atoms with Crippen molar-refractivity contribution in [1.82, 2.24) is 15.1 Å². The van der Waals surface area contributed by atoms with Gasteiger partial charge in [0, 0.05) is 45.4 Å². The number of carbonyl (C=O) groups excluding carboxylic acids is 1. The number of carbonyl (C=O) groups is 1. The molecule has 2 atom stereocenters. The molecule has 22 heavy (non-hydrogen) atoms. The SMILES string of the molecule is COCCN(C(=O)CN1CCNC[C@@H]1C)C1CCS(=O)(=O)C1. The Morgan fingerprint density at radius 3 is 2.82 bits per heavy atom. The van der Waals surface area contributed by atoms with Crippen LogP contribution in [0.1, 0.15) is 13.3 Å². The molecule has 1 N–H and O–H groups in total. The summed E-state index contributed by atoms with van der Waals surface area (Å²) >= 11 is 0. The van der Waals surface area contributed by atoms with Gasteiger partial charge in [0.2, 0.25) is 5.91 Å². The number of sulfone groups is 1. The van der Waals surface area contributed by atoms with Gasteiger partial charge in [0.1, 0.15) is 0 Å². The first kappa shape index (κ1) is 17.7. The number of hydrogen-bond acceptors (Lipinski definition) is 6. The van der Waals surface area contributed by atoms with Crippen LogP contribution in [0.2, 0.25) is 0 Å². The summed E-state index contributed by atoms with van der Waals surface area (Å²) in [5.41, 5.74) is 0. The highest BCUT2D eigenvalue weighted by Gasteiger charge is 2.35. The van der Waals surface area contributed by atoms with Gasteiger partial charge in [-0.1, -0.05) is 0 Å². The molecule has 0 aliphatic carbocycles. The Balaban J connectivity index is 1.99. The highest BCUT2D eigenvalue weighted by molar-refractivity contribution is 7.91. The lowest BCUT2D eigenvalue weighted by atomic mass is 10.2. The average Bonchev–Trinajstić information content (AvgIpc) is 2.82. The maximum Gasteiger partial charge on any atom is 0.237 e. The summed E-state index contributed by atoms with van der Waals surface area (Å²) in [5.74, 6) is 0.269. The first-order valence-electron chi connectivity index (χ1n) is 7.86. The Kier molecular flexibility index (Phi) is 6.19. The van der Waals surface area contributed by atoms with Gasteiger partial charge in [-0.25, -0.2) is 8.42 Å². The van der Waals surface area contributed by atoms with Gasteiger partial charge >= 0.3 is 0 Å². The third-order valence-corrected chi connectivity index (χ3v) is 6.23. The number of hydrogen-bond donors (Lipinski definition) is 1. The normalized spacial score (nSPS) is 28.6. The summed E-state index contributed by atoms with van der Waals surface area (Å²) < 4.78 is 28.5. The van der Waals surface area contributed by atoms with Crippen molar-refractivity contribution in [3.63, 3.8) is 0 Å². The Labute approximate surface area is 132 Å². The van der Waals surface area contributed by atoms with Crippen LogP contribution in [0.5, 0.6) is 0 Å². The van der Waals surface area contributed by atoms with Crippen LogP contribution in [-0.4, -0.2) is 94.2 Å². The van der Waals surface area contributed by atoms with Crippen LogP contribution in [0.4, 0.5) is 0 Å². The molecule has 0 radical (unpaired) electrons. The van der Waals surface area contributed by atoms with Crippen LogP contribution in [-0.2, 0) is 19.4 Å². The zero-order valence-corrected chi connectivity index (χ0v) is 14.3. The third-order valence-electron chi connectivity index (χ3n) is 4.48. The Hall–Kier alpha value is -0.700. The fraction of sp³-hybridized carbons (Fsp3) is 0.929. The lowest BCUT2D eigenvalue weighted by Crippen LogP contribution is -2.54. The van der Waals surface area contributed by atoms with Crippen molar-refractivity contribution in [3.05, 3.63) is 0 Å². The second kappa shape index (κ2) is 7.72. The van der Waals surface area contributed by atoms with E-state index >= 15 is 0 Å². The molecule has 0 saturated carbocycles. The lowest BCUT2D eigenvalue weighted by molar-refractivity contribution is -0.135. The Bertz CT molecular complexity index is 482. The van der Waals surface area contributed by atoms with E-state index in [1.54, 1.807) is 12.0 Å². The van der Waals surface area contributed by atoms with Gasteiger partial charge in [-0.15, -0.1) is 0 Å². The monoisotopic (exact) mass is 333 g/mol. The van der Waals surface area contributed by atoms with E-state index in [4.69, 9.17) is 4.74 Å². The predicted octanol–water partition coefficient (Wildman–Crippen LogP) is -1.06. The number of nitrogens with zero attached hydrogens (tertiary/aromatic N) is 2. The number of amides is 1. The van der Waals surface area contributed by atoms with Gasteiger partial charge in [0.15, 0.2) is 9.84 Å². The summed E-state index contributed by atoms with van der Waals surface area (Å²) in [6.45, 7) is 5.93. The van der Waals surface area contributed by atoms with Crippen LogP contribution in [0.3, 0.4) is 0 Å². The number of piperazine rings is 1. The van der Waals surface area contributed by atoms with E-state index in [2.05, 4.69) is 17.1 Å². The van der Waals surface area contributed by atoms with Crippen LogP contribution < -0.4 is 5.32 Å². The van der Waals surface area contributed by atoms with Crippen LogP contribution in [0, 0.1) is 0 Å². The van der Waals surface area contributed by atoms with Gasteiger partial charge < -0.3 is 15.0 Å². The molecule has 8 heteroatoms. The van der Waals surface area contributed by atoms with Crippen molar-refractivity contribution in [3.8, 4) is 0 Å². The first-order chi connectivity index (χ1) is 10.4. The molecule has 0 aromatic heterocycles. The van der Waals surface area contributed by atoms with Crippen LogP contribution >= 0.6 is 0 Å². The maximum absolute atomic E-state index is 12.7.